The third kappa shape index (κ3) is 4.16. The summed E-state index contributed by atoms with van der Waals surface area (Å²) < 4.78 is 5.14. The van der Waals surface area contributed by atoms with Crippen LogP contribution in [0.5, 0.6) is 0 Å². The number of hydrogen-bond acceptors (Lipinski definition) is 1. The van der Waals surface area contributed by atoms with Crippen LogP contribution in [0.25, 0.3) is 6.08 Å². The monoisotopic (exact) mass is 174 g/mol. The summed E-state index contributed by atoms with van der Waals surface area (Å²) in [6, 6.07) is 10.2. The lowest BCUT2D eigenvalue weighted by Gasteiger charge is -1.93. The van der Waals surface area contributed by atoms with Gasteiger partial charge in [0, 0.05) is 0 Å². The maximum absolute atomic E-state index is 5.14. The van der Waals surface area contributed by atoms with Crippen LogP contribution in [-0.4, -0.2) is 6.61 Å². The molecule has 1 rings (SSSR count). The van der Waals surface area contributed by atoms with Gasteiger partial charge in [0.15, 0.2) is 0 Å². The van der Waals surface area contributed by atoms with Crippen molar-refractivity contribution in [1.29, 1.82) is 0 Å². The summed E-state index contributed by atoms with van der Waals surface area (Å²) in [5, 5.41) is 0. The Morgan fingerprint density at radius 2 is 2.00 bits per heavy atom. The maximum atomic E-state index is 5.14. The standard InChI is InChI=1S/C12H14O/c1-2-10-13-11-6-9-12-7-4-3-5-8-12/h2-10H,11H2,1H3/b9-6+,10-2-. The third-order valence-corrected chi connectivity index (χ3v) is 1.53. The summed E-state index contributed by atoms with van der Waals surface area (Å²) in [5.74, 6) is 0. The highest BCUT2D eigenvalue weighted by atomic mass is 16.5. The van der Waals surface area contributed by atoms with Crippen LogP contribution < -0.4 is 0 Å². The Morgan fingerprint density at radius 3 is 2.69 bits per heavy atom. The summed E-state index contributed by atoms with van der Waals surface area (Å²) in [5.41, 5.74) is 1.20. The van der Waals surface area contributed by atoms with E-state index in [0.717, 1.165) is 0 Å². The van der Waals surface area contributed by atoms with Crippen molar-refractivity contribution in [3.63, 3.8) is 0 Å². The molecule has 0 unspecified atom stereocenters. The van der Waals surface area contributed by atoms with Crippen LogP contribution >= 0.6 is 0 Å². The minimum atomic E-state index is 0.624. The SMILES string of the molecule is C/C=C\OC/C=C/c1ccccc1. The molecule has 0 N–H and O–H groups in total. The van der Waals surface area contributed by atoms with Crippen LogP contribution in [0.15, 0.2) is 48.7 Å². The van der Waals surface area contributed by atoms with E-state index in [4.69, 9.17) is 4.74 Å². The molecule has 1 heteroatoms. The van der Waals surface area contributed by atoms with E-state index in [1.807, 2.05) is 43.4 Å². The van der Waals surface area contributed by atoms with E-state index < -0.39 is 0 Å². The first kappa shape index (κ1) is 9.59. The summed E-state index contributed by atoms with van der Waals surface area (Å²) in [6.07, 6.45) is 7.60. The number of allylic oxidation sites excluding steroid dienone is 1. The molecule has 0 radical (unpaired) electrons. The Labute approximate surface area is 79.4 Å². The first-order chi connectivity index (χ1) is 6.43. The van der Waals surface area contributed by atoms with Crippen LogP contribution in [-0.2, 0) is 4.74 Å². The molecule has 0 atom stereocenters. The Kier molecular flexibility index (Phi) is 4.47. The highest BCUT2D eigenvalue weighted by Gasteiger charge is 1.81. The molecule has 1 aromatic carbocycles. The van der Waals surface area contributed by atoms with Gasteiger partial charge < -0.3 is 4.74 Å². The molecule has 0 fully saturated rings. The highest BCUT2D eigenvalue weighted by Crippen LogP contribution is 2.00. The molecule has 0 aliphatic heterocycles. The number of rotatable bonds is 4. The largest absolute Gasteiger partial charge is 0.497 e. The van der Waals surface area contributed by atoms with Crippen LogP contribution in [0.2, 0.25) is 0 Å². The number of ether oxygens (including phenoxy) is 1. The van der Waals surface area contributed by atoms with Gasteiger partial charge in [-0.1, -0.05) is 42.5 Å². The minimum Gasteiger partial charge on any atom is -0.497 e. The molecule has 0 aromatic heterocycles. The summed E-state index contributed by atoms with van der Waals surface area (Å²) in [6.45, 7) is 2.56. The van der Waals surface area contributed by atoms with Crippen molar-refractivity contribution in [2.24, 2.45) is 0 Å². The van der Waals surface area contributed by atoms with Crippen molar-refractivity contribution >= 4 is 6.08 Å². The van der Waals surface area contributed by atoms with E-state index in [1.54, 1.807) is 6.26 Å². The van der Waals surface area contributed by atoms with Gasteiger partial charge in [0.1, 0.15) is 6.61 Å². The van der Waals surface area contributed by atoms with Gasteiger partial charge in [0.2, 0.25) is 0 Å². The zero-order valence-corrected chi connectivity index (χ0v) is 7.81. The van der Waals surface area contributed by atoms with E-state index in [0.29, 0.717) is 6.61 Å². The molecule has 13 heavy (non-hydrogen) atoms. The third-order valence-electron chi connectivity index (χ3n) is 1.53. The van der Waals surface area contributed by atoms with Crippen molar-refractivity contribution < 1.29 is 4.74 Å². The highest BCUT2D eigenvalue weighted by molar-refractivity contribution is 5.48. The lowest BCUT2D eigenvalue weighted by Crippen LogP contribution is -1.79. The molecular formula is C12H14O. The Hall–Kier alpha value is -1.50. The normalized spacial score (nSPS) is 11.2. The van der Waals surface area contributed by atoms with Gasteiger partial charge in [-0.15, -0.1) is 0 Å². The van der Waals surface area contributed by atoms with Crippen LogP contribution in [0.1, 0.15) is 12.5 Å². The molecule has 0 bridgehead atoms. The lowest BCUT2D eigenvalue weighted by atomic mass is 10.2. The topological polar surface area (TPSA) is 9.23 Å². The van der Waals surface area contributed by atoms with Crippen LogP contribution in [0.4, 0.5) is 0 Å². The Bertz CT molecular complexity index is 272. The second-order valence-electron chi connectivity index (χ2n) is 2.62. The number of hydrogen-bond donors (Lipinski definition) is 0. The van der Waals surface area contributed by atoms with Crippen molar-refractivity contribution in [3.8, 4) is 0 Å². The molecule has 0 amide bonds. The average Bonchev–Trinajstić information content (AvgIpc) is 2.19. The maximum Gasteiger partial charge on any atom is 0.106 e. The molecule has 0 aliphatic carbocycles. The summed E-state index contributed by atoms with van der Waals surface area (Å²) in [7, 11) is 0. The zero-order valence-electron chi connectivity index (χ0n) is 7.81. The van der Waals surface area contributed by atoms with Gasteiger partial charge in [-0.25, -0.2) is 0 Å². The minimum absolute atomic E-state index is 0.624. The summed E-state index contributed by atoms with van der Waals surface area (Å²) in [4.78, 5) is 0. The van der Waals surface area contributed by atoms with Crippen molar-refractivity contribution in [3.05, 3.63) is 54.3 Å². The number of benzene rings is 1. The quantitative estimate of drug-likeness (QED) is 0.503. The molecule has 0 aliphatic rings. The molecule has 0 heterocycles. The van der Waals surface area contributed by atoms with Crippen molar-refractivity contribution in [2.75, 3.05) is 6.61 Å². The molecule has 0 saturated carbocycles. The smallest absolute Gasteiger partial charge is 0.106 e. The predicted octanol–water partition coefficient (Wildman–Crippen LogP) is 3.25. The summed E-state index contributed by atoms with van der Waals surface area (Å²) >= 11 is 0. The fourth-order valence-corrected chi connectivity index (χ4v) is 0.956. The molecule has 0 saturated heterocycles. The molecule has 0 spiro atoms. The lowest BCUT2D eigenvalue weighted by molar-refractivity contribution is 0.290. The van der Waals surface area contributed by atoms with E-state index >= 15 is 0 Å². The first-order valence-electron chi connectivity index (χ1n) is 4.38. The Balaban J connectivity index is 2.32. The Morgan fingerprint density at radius 1 is 1.23 bits per heavy atom. The molecule has 1 nitrogen and oxygen atoms in total. The van der Waals surface area contributed by atoms with Gasteiger partial charge in [0.05, 0.1) is 6.26 Å². The van der Waals surface area contributed by atoms with Crippen molar-refractivity contribution in [2.45, 2.75) is 6.92 Å². The van der Waals surface area contributed by atoms with E-state index in [9.17, 15) is 0 Å². The van der Waals surface area contributed by atoms with Gasteiger partial charge in [-0.05, 0) is 18.6 Å². The van der Waals surface area contributed by atoms with Gasteiger partial charge in [-0.3, -0.25) is 0 Å². The predicted molar refractivity (Wildman–Crippen MR) is 56.2 cm³/mol. The van der Waals surface area contributed by atoms with Gasteiger partial charge >= 0.3 is 0 Å². The van der Waals surface area contributed by atoms with E-state index in [1.165, 1.54) is 5.56 Å². The van der Waals surface area contributed by atoms with Crippen molar-refractivity contribution in [1.82, 2.24) is 0 Å². The fourth-order valence-electron chi connectivity index (χ4n) is 0.956. The fraction of sp³-hybridized carbons (Fsp3) is 0.167. The molecule has 1 aromatic rings. The second-order valence-corrected chi connectivity index (χ2v) is 2.62. The van der Waals surface area contributed by atoms with E-state index in [2.05, 4.69) is 12.1 Å². The first-order valence-corrected chi connectivity index (χ1v) is 4.38. The van der Waals surface area contributed by atoms with Gasteiger partial charge in [-0.2, -0.15) is 0 Å². The molecular weight excluding hydrogens is 160 g/mol. The van der Waals surface area contributed by atoms with Crippen LogP contribution in [0, 0.1) is 0 Å². The zero-order chi connectivity index (χ0) is 9.36. The van der Waals surface area contributed by atoms with Crippen LogP contribution in [0.3, 0.4) is 0 Å². The van der Waals surface area contributed by atoms with Gasteiger partial charge in [0.25, 0.3) is 0 Å². The second kappa shape index (κ2) is 6.06. The average molecular weight is 174 g/mol. The molecule has 68 valence electrons. The van der Waals surface area contributed by atoms with E-state index in [-0.39, 0.29) is 0 Å².